The van der Waals surface area contributed by atoms with Gasteiger partial charge in [0.25, 0.3) is 5.91 Å². The summed E-state index contributed by atoms with van der Waals surface area (Å²) in [5.74, 6) is 0.828. The third kappa shape index (κ3) is 3.95. The zero-order valence-corrected chi connectivity index (χ0v) is 14.0. The molecule has 0 spiro atoms. The Hall–Kier alpha value is -2.76. The maximum Gasteiger partial charge on any atom is 0.329 e. The fourth-order valence-electron chi connectivity index (χ4n) is 2.30. The quantitative estimate of drug-likeness (QED) is 0.452. The molecule has 128 valence electrons. The standard InChI is InChI=1S/C18H22N2O4/c1-4-6-9-20-17(21)14(19-18(20)22)11-13-7-8-15(23-3)16(12-13)24-10-5-2/h5,7-8,11-12H,2,4,6,9-10H2,1,3H3,(H,19,22). The summed E-state index contributed by atoms with van der Waals surface area (Å²) in [6.07, 6.45) is 4.97. The molecule has 1 aliphatic rings. The van der Waals surface area contributed by atoms with Gasteiger partial charge in [-0.3, -0.25) is 9.69 Å². The van der Waals surface area contributed by atoms with Crippen LogP contribution in [0.15, 0.2) is 36.6 Å². The number of imide groups is 1. The summed E-state index contributed by atoms with van der Waals surface area (Å²) in [7, 11) is 1.56. The highest BCUT2D eigenvalue weighted by Crippen LogP contribution is 2.29. The first-order valence-corrected chi connectivity index (χ1v) is 7.87. The number of hydrogen-bond acceptors (Lipinski definition) is 4. The Bertz CT molecular complexity index is 667. The predicted molar refractivity (Wildman–Crippen MR) is 91.8 cm³/mol. The maximum atomic E-state index is 12.3. The van der Waals surface area contributed by atoms with E-state index in [2.05, 4.69) is 11.9 Å². The second kappa shape index (κ2) is 8.19. The summed E-state index contributed by atoms with van der Waals surface area (Å²) in [4.78, 5) is 25.4. The van der Waals surface area contributed by atoms with Crippen molar-refractivity contribution < 1.29 is 19.1 Å². The molecule has 0 unspecified atom stereocenters. The topological polar surface area (TPSA) is 67.9 Å². The minimum absolute atomic E-state index is 0.260. The summed E-state index contributed by atoms with van der Waals surface area (Å²) in [5, 5.41) is 2.61. The molecular formula is C18H22N2O4. The van der Waals surface area contributed by atoms with Gasteiger partial charge in [0, 0.05) is 6.54 Å². The van der Waals surface area contributed by atoms with Gasteiger partial charge in [0.15, 0.2) is 11.5 Å². The molecule has 24 heavy (non-hydrogen) atoms. The van der Waals surface area contributed by atoms with Crippen LogP contribution in [0.3, 0.4) is 0 Å². The summed E-state index contributed by atoms with van der Waals surface area (Å²) >= 11 is 0. The maximum absolute atomic E-state index is 12.3. The van der Waals surface area contributed by atoms with Gasteiger partial charge in [-0.1, -0.05) is 32.1 Å². The van der Waals surface area contributed by atoms with Crippen molar-refractivity contribution >= 4 is 18.0 Å². The van der Waals surface area contributed by atoms with E-state index in [1.54, 1.807) is 37.5 Å². The number of carbonyl (C=O) groups is 2. The fraction of sp³-hybridized carbons (Fsp3) is 0.333. The molecule has 1 N–H and O–H groups in total. The molecule has 6 heteroatoms. The number of methoxy groups -OCH3 is 1. The first kappa shape index (κ1) is 17.6. The van der Waals surface area contributed by atoms with Gasteiger partial charge >= 0.3 is 6.03 Å². The van der Waals surface area contributed by atoms with Crippen LogP contribution in [-0.4, -0.2) is 37.1 Å². The second-order valence-corrected chi connectivity index (χ2v) is 5.31. The van der Waals surface area contributed by atoms with Crippen molar-refractivity contribution in [3.8, 4) is 11.5 Å². The second-order valence-electron chi connectivity index (χ2n) is 5.31. The van der Waals surface area contributed by atoms with E-state index in [1.165, 1.54) is 4.90 Å². The van der Waals surface area contributed by atoms with Gasteiger partial charge in [-0.25, -0.2) is 4.79 Å². The Labute approximate surface area is 141 Å². The Morgan fingerprint density at radius 1 is 1.29 bits per heavy atom. The van der Waals surface area contributed by atoms with E-state index in [1.807, 2.05) is 6.92 Å². The van der Waals surface area contributed by atoms with E-state index in [4.69, 9.17) is 9.47 Å². The van der Waals surface area contributed by atoms with Gasteiger partial charge in [0.2, 0.25) is 0 Å². The normalized spacial score (nSPS) is 15.6. The van der Waals surface area contributed by atoms with Crippen molar-refractivity contribution in [3.05, 3.63) is 42.1 Å². The average Bonchev–Trinajstić information content (AvgIpc) is 2.85. The number of carbonyl (C=O) groups excluding carboxylic acids is 2. The third-order valence-electron chi connectivity index (χ3n) is 3.55. The molecule has 0 atom stereocenters. The first-order chi connectivity index (χ1) is 11.6. The van der Waals surface area contributed by atoms with Gasteiger partial charge in [-0.2, -0.15) is 0 Å². The highest BCUT2D eigenvalue weighted by atomic mass is 16.5. The number of amides is 3. The molecule has 1 aliphatic heterocycles. The van der Waals surface area contributed by atoms with E-state index >= 15 is 0 Å². The van der Waals surface area contributed by atoms with Gasteiger partial charge < -0.3 is 14.8 Å². The first-order valence-electron chi connectivity index (χ1n) is 7.87. The smallest absolute Gasteiger partial charge is 0.329 e. The van der Waals surface area contributed by atoms with Gasteiger partial charge in [0.1, 0.15) is 12.3 Å². The predicted octanol–water partition coefficient (Wildman–Crippen LogP) is 2.95. The molecule has 0 saturated carbocycles. The molecular weight excluding hydrogens is 308 g/mol. The average molecular weight is 330 g/mol. The molecule has 0 aliphatic carbocycles. The van der Waals surface area contributed by atoms with E-state index in [0.717, 1.165) is 18.4 Å². The fourth-order valence-corrected chi connectivity index (χ4v) is 2.30. The van der Waals surface area contributed by atoms with Crippen molar-refractivity contribution in [1.82, 2.24) is 10.2 Å². The molecule has 3 amide bonds. The van der Waals surface area contributed by atoms with Crippen molar-refractivity contribution in [2.24, 2.45) is 0 Å². The molecule has 0 bridgehead atoms. The molecule has 1 heterocycles. The van der Waals surface area contributed by atoms with Gasteiger partial charge in [0.05, 0.1) is 7.11 Å². The molecule has 6 nitrogen and oxygen atoms in total. The molecule has 0 radical (unpaired) electrons. The monoisotopic (exact) mass is 330 g/mol. The van der Waals surface area contributed by atoms with E-state index in [-0.39, 0.29) is 17.6 Å². The number of nitrogens with one attached hydrogen (secondary N) is 1. The summed E-state index contributed by atoms with van der Waals surface area (Å²) in [6.45, 7) is 6.39. The van der Waals surface area contributed by atoms with Crippen LogP contribution in [0.25, 0.3) is 6.08 Å². The van der Waals surface area contributed by atoms with Crippen molar-refractivity contribution in [3.63, 3.8) is 0 Å². The molecule has 2 rings (SSSR count). The molecule has 1 fully saturated rings. The largest absolute Gasteiger partial charge is 0.493 e. The van der Waals surface area contributed by atoms with Crippen LogP contribution in [0.5, 0.6) is 11.5 Å². The van der Waals surface area contributed by atoms with Crippen LogP contribution in [0.4, 0.5) is 4.79 Å². The number of benzene rings is 1. The highest BCUT2D eigenvalue weighted by Gasteiger charge is 2.32. The number of rotatable bonds is 8. The third-order valence-corrected chi connectivity index (χ3v) is 3.55. The summed E-state index contributed by atoms with van der Waals surface area (Å²) in [6, 6.07) is 4.92. The van der Waals surface area contributed by atoms with Crippen molar-refractivity contribution in [1.29, 1.82) is 0 Å². The number of nitrogens with zero attached hydrogens (tertiary/aromatic N) is 1. The Balaban J connectivity index is 2.22. The lowest BCUT2D eigenvalue weighted by atomic mass is 10.1. The Kier molecular flexibility index (Phi) is 6.01. The lowest BCUT2D eigenvalue weighted by Crippen LogP contribution is -2.31. The molecule has 1 aromatic rings. The van der Waals surface area contributed by atoms with Crippen LogP contribution in [0.1, 0.15) is 25.3 Å². The summed E-state index contributed by atoms with van der Waals surface area (Å²) in [5.41, 5.74) is 0.992. The van der Waals surface area contributed by atoms with Gasteiger partial charge in [-0.05, 0) is 30.2 Å². The zero-order chi connectivity index (χ0) is 17.5. The van der Waals surface area contributed by atoms with Crippen molar-refractivity contribution in [2.45, 2.75) is 19.8 Å². The minimum Gasteiger partial charge on any atom is -0.493 e. The minimum atomic E-state index is -0.378. The number of urea groups is 1. The van der Waals surface area contributed by atoms with E-state index in [9.17, 15) is 9.59 Å². The van der Waals surface area contributed by atoms with Crippen LogP contribution in [0, 0.1) is 0 Å². The van der Waals surface area contributed by atoms with Gasteiger partial charge in [-0.15, -0.1) is 0 Å². The Morgan fingerprint density at radius 3 is 2.75 bits per heavy atom. The van der Waals surface area contributed by atoms with Crippen LogP contribution in [-0.2, 0) is 4.79 Å². The lowest BCUT2D eigenvalue weighted by Gasteiger charge is -2.10. The molecule has 1 aromatic carbocycles. The van der Waals surface area contributed by atoms with E-state index < -0.39 is 0 Å². The summed E-state index contributed by atoms with van der Waals surface area (Å²) < 4.78 is 10.8. The SMILES string of the molecule is C=CCOc1cc(C=C2NC(=O)N(CCCC)C2=O)ccc1OC. The van der Waals surface area contributed by atoms with Crippen LogP contribution >= 0.6 is 0 Å². The number of unbranched alkanes of at least 4 members (excludes halogenated alkanes) is 1. The molecule has 1 saturated heterocycles. The van der Waals surface area contributed by atoms with Crippen LogP contribution in [0.2, 0.25) is 0 Å². The Morgan fingerprint density at radius 2 is 2.08 bits per heavy atom. The zero-order valence-electron chi connectivity index (χ0n) is 14.0. The van der Waals surface area contributed by atoms with E-state index in [0.29, 0.717) is 24.7 Å². The lowest BCUT2D eigenvalue weighted by molar-refractivity contribution is -0.122. The highest BCUT2D eigenvalue weighted by molar-refractivity contribution is 6.13. The molecule has 0 aromatic heterocycles. The number of ether oxygens (including phenoxy) is 2. The number of hydrogen-bond donors (Lipinski definition) is 1. The van der Waals surface area contributed by atoms with Crippen molar-refractivity contribution in [2.75, 3.05) is 20.3 Å². The van der Waals surface area contributed by atoms with Crippen LogP contribution < -0.4 is 14.8 Å².